The van der Waals surface area contributed by atoms with Gasteiger partial charge in [-0.3, -0.25) is 14.5 Å². The zero-order chi connectivity index (χ0) is 29.1. The number of hydrogen-bond acceptors (Lipinski definition) is 6. The number of aryl methyl sites for hydroxylation is 2. The minimum Gasteiger partial charge on any atom is -0.356 e. The molecule has 4 aliphatic carbocycles. The maximum atomic E-state index is 14.9. The van der Waals surface area contributed by atoms with E-state index in [4.69, 9.17) is 0 Å². The SMILES string of the molecule is Cn1cncc1CC1(Cc2cncn2C)N/C(=C\C(=O)c2ccc(C#N)cc2)N(CC23CC4CC(CC(C4)C2)C3)C1=O. The van der Waals surface area contributed by atoms with Crippen LogP contribution in [0.5, 0.6) is 0 Å². The molecule has 3 aromatic rings. The van der Waals surface area contributed by atoms with Gasteiger partial charge in [-0.1, -0.05) is 0 Å². The fourth-order valence-electron chi connectivity index (χ4n) is 8.77. The summed E-state index contributed by atoms with van der Waals surface area (Å²) in [7, 11) is 3.88. The Morgan fingerprint density at radius 1 is 0.976 bits per heavy atom. The van der Waals surface area contributed by atoms with Gasteiger partial charge in [0.25, 0.3) is 5.91 Å². The summed E-state index contributed by atoms with van der Waals surface area (Å²) in [6.45, 7) is 0.632. The topological polar surface area (TPSA) is 109 Å². The number of allylic oxidation sites excluding steroid dienone is 1. The number of nitriles is 1. The Hall–Kier alpha value is -4.19. The van der Waals surface area contributed by atoms with Crippen LogP contribution in [0.15, 0.2) is 61.2 Å². The molecule has 9 heteroatoms. The number of nitrogens with one attached hydrogen (secondary N) is 1. The Bertz CT molecular complexity index is 1530. The Balaban J connectivity index is 1.29. The second-order valence-electron chi connectivity index (χ2n) is 13.4. The third-order valence-electron chi connectivity index (χ3n) is 10.3. The lowest BCUT2D eigenvalue weighted by Gasteiger charge is -2.57. The molecule has 9 nitrogen and oxygen atoms in total. The number of carbonyl (C=O) groups is 2. The van der Waals surface area contributed by atoms with Gasteiger partial charge in [0, 0.05) is 68.9 Å². The van der Waals surface area contributed by atoms with Crippen LogP contribution >= 0.6 is 0 Å². The van der Waals surface area contributed by atoms with E-state index in [1.807, 2.05) is 40.5 Å². The van der Waals surface area contributed by atoms with Gasteiger partial charge in [0.05, 0.1) is 24.3 Å². The van der Waals surface area contributed by atoms with E-state index in [0.29, 0.717) is 36.3 Å². The molecular formula is C33H37N7O2. The summed E-state index contributed by atoms with van der Waals surface area (Å²) in [6, 6.07) is 8.77. The second kappa shape index (κ2) is 9.97. The van der Waals surface area contributed by atoms with Gasteiger partial charge in [0.1, 0.15) is 11.4 Å². The van der Waals surface area contributed by atoms with E-state index in [2.05, 4.69) is 21.4 Å². The van der Waals surface area contributed by atoms with Crippen molar-refractivity contribution in [3.8, 4) is 6.07 Å². The lowest BCUT2D eigenvalue weighted by atomic mass is 9.49. The molecule has 1 N–H and O–H groups in total. The van der Waals surface area contributed by atoms with Gasteiger partial charge in [-0.15, -0.1) is 0 Å². The van der Waals surface area contributed by atoms with Gasteiger partial charge < -0.3 is 14.5 Å². The molecule has 1 saturated heterocycles. The van der Waals surface area contributed by atoms with Gasteiger partial charge in [-0.25, -0.2) is 9.97 Å². The predicted molar refractivity (Wildman–Crippen MR) is 156 cm³/mol. The molecule has 0 radical (unpaired) electrons. The van der Waals surface area contributed by atoms with Crippen molar-refractivity contribution in [1.82, 2.24) is 29.3 Å². The molecule has 1 aromatic carbocycles. The van der Waals surface area contributed by atoms with E-state index < -0.39 is 5.54 Å². The summed E-state index contributed by atoms with van der Waals surface area (Å²) >= 11 is 0. The van der Waals surface area contributed by atoms with E-state index in [1.54, 1.807) is 43.0 Å². The van der Waals surface area contributed by atoms with Crippen molar-refractivity contribution in [3.63, 3.8) is 0 Å². The molecule has 42 heavy (non-hydrogen) atoms. The highest BCUT2D eigenvalue weighted by atomic mass is 16.2. The summed E-state index contributed by atoms with van der Waals surface area (Å²) in [6.07, 6.45) is 17.1. The smallest absolute Gasteiger partial charge is 0.254 e. The zero-order valence-corrected chi connectivity index (χ0v) is 24.3. The van der Waals surface area contributed by atoms with Crippen molar-refractivity contribution in [2.45, 2.75) is 56.9 Å². The molecule has 0 atom stereocenters. The number of aromatic nitrogens is 4. The zero-order valence-electron chi connectivity index (χ0n) is 24.3. The minimum absolute atomic E-state index is 0.000441. The molecule has 5 fully saturated rings. The lowest BCUT2D eigenvalue weighted by molar-refractivity contribution is -0.136. The standard InChI is InChI=1S/C33H37N7O2/c1-38-20-35-17-27(38)14-33(15-28-18-36-21-39(28)2)31(42)40(19-32-11-23-7-24(12-32)9-25(8-23)13-32)30(37-33)10-29(41)26-5-3-22(16-34)4-6-26/h3-6,10,17-18,20-21,23-25,37H,7-9,11-15,19H2,1-2H3/b30-10+. The average Bonchev–Trinajstić information content (AvgIpc) is 3.62. The van der Waals surface area contributed by atoms with Crippen LogP contribution < -0.4 is 5.32 Å². The molecule has 0 spiro atoms. The number of imidazole rings is 2. The number of carbonyl (C=O) groups excluding carboxylic acids is 2. The molecule has 5 aliphatic rings. The summed E-state index contributed by atoms with van der Waals surface area (Å²) < 4.78 is 3.90. The van der Waals surface area contributed by atoms with Crippen LogP contribution in [0.25, 0.3) is 0 Å². The van der Waals surface area contributed by atoms with E-state index in [-0.39, 0.29) is 17.1 Å². The van der Waals surface area contributed by atoms with E-state index >= 15 is 0 Å². The fourth-order valence-corrected chi connectivity index (χ4v) is 8.77. The molecule has 0 unspecified atom stereocenters. The quantitative estimate of drug-likeness (QED) is 0.329. The number of rotatable bonds is 8. The van der Waals surface area contributed by atoms with Crippen LogP contribution in [0.1, 0.15) is 65.8 Å². The first-order valence-corrected chi connectivity index (χ1v) is 15.0. The molecule has 2 aromatic heterocycles. The maximum Gasteiger partial charge on any atom is 0.254 e. The van der Waals surface area contributed by atoms with Gasteiger partial charge in [-0.05, 0) is 86.0 Å². The number of ketones is 1. The molecule has 4 saturated carbocycles. The van der Waals surface area contributed by atoms with E-state index in [1.165, 1.54) is 19.3 Å². The summed E-state index contributed by atoms with van der Waals surface area (Å²) in [4.78, 5) is 39.0. The largest absolute Gasteiger partial charge is 0.356 e. The van der Waals surface area contributed by atoms with Crippen molar-refractivity contribution >= 4 is 11.7 Å². The monoisotopic (exact) mass is 563 g/mol. The Morgan fingerprint density at radius 3 is 2.00 bits per heavy atom. The number of nitrogens with zero attached hydrogens (tertiary/aromatic N) is 6. The van der Waals surface area contributed by atoms with Crippen LogP contribution in [-0.4, -0.2) is 47.8 Å². The summed E-state index contributed by atoms with van der Waals surface area (Å²) in [5.41, 5.74) is 1.96. The Morgan fingerprint density at radius 2 is 1.52 bits per heavy atom. The average molecular weight is 564 g/mol. The minimum atomic E-state index is -0.999. The molecule has 1 amide bonds. The number of amides is 1. The van der Waals surface area contributed by atoms with Gasteiger partial charge in [0.2, 0.25) is 0 Å². The molecule has 216 valence electrons. The van der Waals surface area contributed by atoms with Gasteiger partial charge in [0.15, 0.2) is 5.78 Å². The van der Waals surface area contributed by atoms with Crippen LogP contribution in [-0.2, 0) is 31.7 Å². The Labute approximate surface area is 246 Å². The van der Waals surface area contributed by atoms with Crippen molar-refractivity contribution < 1.29 is 9.59 Å². The van der Waals surface area contributed by atoms with Crippen LogP contribution in [0.4, 0.5) is 0 Å². The molecule has 3 heterocycles. The van der Waals surface area contributed by atoms with Gasteiger partial charge in [-0.2, -0.15) is 5.26 Å². The van der Waals surface area contributed by atoms with Gasteiger partial charge >= 0.3 is 0 Å². The summed E-state index contributed by atoms with van der Waals surface area (Å²) in [5, 5.41) is 12.8. The number of hydrogen-bond donors (Lipinski definition) is 1. The highest BCUT2D eigenvalue weighted by Gasteiger charge is 2.56. The summed E-state index contributed by atoms with van der Waals surface area (Å²) in [5.74, 6) is 2.63. The van der Waals surface area contributed by atoms with Crippen molar-refractivity contribution in [2.75, 3.05) is 6.54 Å². The molecule has 4 bridgehead atoms. The third kappa shape index (κ3) is 4.63. The highest BCUT2D eigenvalue weighted by molar-refractivity contribution is 6.06. The normalized spacial score (nSPS) is 28.3. The molecule has 8 rings (SSSR count). The van der Waals surface area contributed by atoms with E-state index in [9.17, 15) is 14.9 Å². The molecule has 1 aliphatic heterocycles. The molecular weight excluding hydrogens is 526 g/mol. The second-order valence-corrected chi connectivity index (χ2v) is 13.4. The first-order chi connectivity index (χ1) is 20.2. The third-order valence-corrected chi connectivity index (χ3v) is 10.3. The maximum absolute atomic E-state index is 14.9. The fraction of sp³-hybridized carbons (Fsp3) is 0.485. The first-order valence-electron chi connectivity index (χ1n) is 15.0. The predicted octanol–water partition coefficient (Wildman–Crippen LogP) is 3.92. The van der Waals surface area contributed by atoms with E-state index in [0.717, 1.165) is 48.4 Å². The van der Waals surface area contributed by atoms with Crippen molar-refractivity contribution in [2.24, 2.45) is 37.3 Å². The lowest BCUT2D eigenvalue weighted by Crippen LogP contribution is -2.54. The number of benzene rings is 1. The van der Waals surface area contributed by atoms with Crippen LogP contribution in [0.2, 0.25) is 0 Å². The first kappa shape index (κ1) is 26.7. The van der Waals surface area contributed by atoms with Crippen LogP contribution in [0.3, 0.4) is 0 Å². The van der Waals surface area contributed by atoms with Crippen molar-refractivity contribution in [3.05, 3.63) is 83.7 Å². The highest BCUT2D eigenvalue weighted by Crippen LogP contribution is 2.60. The van der Waals surface area contributed by atoms with Crippen molar-refractivity contribution in [1.29, 1.82) is 5.26 Å². The Kier molecular flexibility index (Phi) is 6.34. The van der Waals surface area contributed by atoms with Crippen LogP contribution in [0, 0.1) is 34.5 Å².